The summed E-state index contributed by atoms with van der Waals surface area (Å²) in [6.45, 7) is 0. The fraction of sp³-hybridized carbons (Fsp3) is 0.167. The van der Waals surface area contributed by atoms with Crippen LogP contribution in [0.25, 0.3) is 0 Å². The zero-order valence-electron chi connectivity index (χ0n) is 14.5. The summed E-state index contributed by atoms with van der Waals surface area (Å²) in [4.78, 5) is 22.1. The molecule has 1 saturated heterocycles. The van der Waals surface area contributed by atoms with E-state index in [-0.39, 0.29) is 30.0 Å². The van der Waals surface area contributed by atoms with Crippen LogP contribution in [0.3, 0.4) is 0 Å². The lowest BCUT2D eigenvalue weighted by Gasteiger charge is -2.25. The van der Waals surface area contributed by atoms with Crippen molar-refractivity contribution in [3.8, 4) is 5.75 Å². The van der Waals surface area contributed by atoms with E-state index >= 15 is 0 Å². The van der Waals surface area contributed by atoms with Crippen molar-refractivity contribution in [2.45, 2.75) is 12.5 Å². The molecular formula is C18H17N5O4. The molecule has 9 heteroatoms. The number of nitrogens with zero attached hydrogens (tertiary/aromatic N) is 3. The highest BCUT2D eigenvalue weighted by atomic mass is 16.6. The molecule has 2 aromatic carbocycles. The smallest absolute Gasteiger partial charge is 0.269 e. The predicted octanol–water partition coefficient (Wildman–Crippen LogP) is 2.14. The Kier molecular flexibility index (Phi) is 5.41. The molecule has 138 valence electrons. The molecule has 0 aliphatic carbocycles. The van der Waals surface area contributed by atoms with Gasteiger partial charge in [0.15, 0.2) is 0 Å². The van der Waals surface area contributed by atoms with Gasteiger partial charge in [-0.3, -0.25) is 20.2 Å². The Morgan fingerprint density at radius 2 is 1.89 bits per heavy atom. The van der Waals surface area contributed by atoms with Crippen LogP contribution in [0.1, 0.15) is 23.6 Å². The largest absolute Gasteiger partial charge is 0.497 e. The molecule has 0 bridgehead atoms. The van der Waals surface area contributed by atoms with Crippen LogP contribution < -0.4 is 15.4 Å². The summed E-state index contributed by atoms with van der Waals surface area (Å²) < 4.78 is 5.13. The Bertz CT molecular complexity index is 891. The first kappa shape index (κ1) is 18.1. The summed E-state index contributed by atoms with van der Waals surface area (Å²) in [5, 5.41) is 24.3. The van der Waals surface area contributed by atoms with Crippen LogP contribution in [0, 0.1) is 10.1 Å². The van der Waals surface area contributed by atoms with Crippen LogP contribution >= 0.6 is 0 Å². The Balaban J connectivity index is 1.69. The molecule has 0 radical (unpaired) electrons. The Morgan fingerprint density at radius 3 is 2.52 bits per heavy atom. The number of hydrogen-bond acceptors (Lipinski definition) is 6. The number of nitro benzene ring substituents is 1. The molecule has 1 amide bonds. The molecule has 0 saturated carbocycles. The van der Waals surface area contributed by atoms with Gasteiger partial charge in [0.1, 0.15) is 5.75 Å². The van der Waals surface area contributed by atoms with Crippen LogP contribution in [-0.2, 0) is 4.79 Å². The molecule has 1 unspecified atom stereocenters. The van der Waals surface area contributed by atoms with Crippen molar-refractivity contribution in [3.63, 3.8) is 0 Å². The number of nitro groups is 1. The highest BCUT2D eigenvalue weighted by molar-refractivity contribution is 6.00. The molecule has 1 aliphatic heterocycles. The molecule has 9 nitrogen and oxygen atoms in total. The minimum atomic E-state index is -0.470. The molecule has 1 heterocycles. The number of methoxy groups -OCH3 is 1. The first-order valence-electron chi connectivity index (χ1n) is 8.11. The van der Waals surface area contributed by atoms with Gasteiger partial charge in [0.25, 0.3) is 5.69 Å². The SMILES string of the molecule is COc1ccc(C2CC(=O)NC(=NN=Cc3ccc([N+](=O)[O-])cc3)N2)cc1. The molecule has 1 fully saturated rings. The van der Waals surface area contributed by atoms with Gasteiger partial charge in [-0.15, -0.1) is 5.10 Å². The average Bonchev–Trinajstić information content (AvgIpc) is 2.68. The number of benzene rings is 2. The van der Waals surface area contributed by atoms with Gasteiger partial charge >= 0.3 is 0 Å². The van der Waals surface area contributed by atoms with Gasteiger partial charge in [-0.05, 0) is 35.4 Å². The highest BCUT2D eigenvalue weighted by Crippen LogP contribution is 2.21. The maximum Gasteiger partial charge on any atom is 0.269 e. The minimum Gasteiger partial charge on any atom is -0.497 e. The number of ether oxygens (including phenoxy) is 1. The molecule has 1 aliphatic rings. The first-order chi connectivity index (χ1) is 13.0. The van der Waals surface area contributed by atoms with E-state index in [4.69, 9.17) is 4.74 Å². The van der Waals surface area contributed by atoms with Crippen molar-refractivity contribution in [2.24, 2.45) is 10.2 Å². The van der Waals surface area contributed by atoms with Crippen LogP contribution in [0.4, 0.5) is 5.69 Å². The van der Waals surface area contributed by atoms with Crippen molar-refractivity contribution >= 4 is 23.8 Å². The van der Waals surface area contributed by atoms with Crippen molar-refractivity contribution in [1.82, 2.24) is 10.6 Å². The topological polar surface area (TPSA) is 118 Å². The zero-order valence-corrected chi connectivity index (χ0v) is 14.5. The van der Waals surface area contributed by atoms with Crippen LogP contribution in [0.5, 0.6) is 5.75 Å². The predicted molar refractivity (Wildman–Crippen MR) is 99.8 cm³/mol. The number of guanidine groups is 1. The molecule has 27 heavy (non-hydrogen) atoms. The molecule has 2 N–H and O–H groups in total. The van der Waals surface area contributed by atoms with Crippen molar-refractivity contribution in [2.75, 3.05) is 7.11 Å². The molecule has 3 rings (SSSR count). The zero-order chi connectivity index (χ0) is 19.2. The molecule has 0 spiro atoms. The number of amides is 1. The monoisotopic (exact) mass is 367 g/mol. The Labute approximate surface area is 154 Å². The second-order valence-electron chi connectivity index (χ2n) is 5.76. The maximum absolute atomic E-state index is 11.9. The van der Waals surface area contributed by atoms with Crippen LogP contribution in [-0.4, -0.2) is 30.1 Å². The van der Waals surface area contributed by atoms with Gasteiger partial charge in [-0.1, -0.05) is 12.1 Å². The van der Waals surface area contributed by atoms with Gasteiger partial charge in [0, 0.05) is 12.1 Å². The standard InChI is InChI=1S/C18H17N5O4/c1-27-15-8-4-13(5-9-15)16-10-17(24)21-18(20-16)22-19-11-12-2-6-14(7-3-12)23(25)26/h2-9,11,16H,10H2,1H3,(H2,20,21,22,24). The lowest BCUT2D eigenvalue weighted by Crippen LogP contribution is -2.49. The van der Waals surface area contributed by atoms with E-state index < -0.39 is 4.92 Å². The van der Waals surface area contributed by atoms with E-state index in [9.17, 15) is 14.9 Å². The second-order valence-corrected chi connectivity index (χ2v) is 5.76. The average molecular weight is 367 g/mol. The Morgan fingerprint density at radius 1 is 1.19 bits per heavy atom. The normalized spacial score (nSPS) is 18.2. The number of hydrogen-bond donors (Lipinski definition) is 2. The summed E-state index contributed by atoms with van der Waals surface area (Å²) in [6.07, 6.45) is 1.72. The van der Waals surface area contributed by atoms with Gasteiger partial charge in [-0.25, -0.2) is 0 Å². The van der Waals surface area contributed by atoms with E-state index in [0.29, 0.717) is 5.56 Å². The third-order valence-electron chi connectivity index (χ3n) is 3.94. The maximum atomic E-state index is 11.9. The Hall–Kier alpha value is -3.75. The van der Waals surface area contributed by atoms with Gasteiger partial charge in [-0.2, -0.15) is 5.10 Å². The van der Waals surface area contributed by atoms with E-state index in [2.05, 4.69) is 20.8 Å². The van der Waals surface area contributed by atoms with Crippen molar-refractivity contribution in [1.29, 1.82) is 0 Å². The number of carbonyl (C=O) groups is 1. The van der Waals surface area contributed by atoms with Crippen molar-refractivity contribution in [3.05, 3.63) is 69.8 Å². The third kappa shape index (κ3) is 4.66. The number of non-ortho nitro benzene ring substituents is 1. The van der Waals surface area contributed by atoms with Gasteiger partial charge < -0.3 is 10.1 Å². The molecule has 0 aromatic heterocycles. The summed E-state index contributed by atoms with van der Waals surface area (Å²) in [7, 11) is 1.59. The quantitative estimate of drug-likeness (QED) is 0.477. The molecule has 1 atom stereocenters. The number of rotatable bonds is 5. The number of nitrogens with one attached hydrogen (secondary N) is 2. The van der Waals surface area contributed by atoms with Crippen LogP contribution in [0.2, 0.25) is 0 Å². The first-order valence-corrected chi connectivity index (χ1v) is 8.11. The summed E-state index contributed by atoms with van der Waals surface area (Å²) >= 11 is 0. The van der Waals surface area contributed by atoms with Gasteiger partial charge in [0.2, 0.25) is 11.9 Å². The third-order valence-corrected chi connectivity index (χ3v) is 3.94. The second kappa shape index (κ2) is 8.09. The molecule has 2 aromatic rings. The number of carbonyl (C=O) groups excluding carboxylic acids is 1. The van der Waals surface area contributed by atoms with E-state index in [0.717, 1.165) is 11.3 Å². The lowest BCUT2D eigenvalue weighted by molar-refractivity contribution is -0.384. The molecular weight excluding hydrogens is 350 g/mol. The van der Waals surface area contributed by atoms with E-state index in [1.807, 2.05) is 24.3 Å². The fourth-order valence-electron chi connectivity index (χ4n) is 2.55. The van der Waals surface area contributed by atoms with E-state index in [1.165, 1.54) is 18.3 Å². The van der Waals surface area contributed by atoms with Gasteiger partial charge in [0.05, 0.1) is 30.7 Å². The highest BCUT2D eigenvalue weighted by Gasteiger charge is 2.24. The van der Waals surface area contributed by atoms with Crippen LogP contribution in [0.15, 0.2) is 58.7 Å². The minimum absolute atomic E-state index is 0.00186. The summed E-state index contributed by atoms with van der Waals surface area (Å²) in [5.74, 6) is 0.810. The summed E-state index contributed by atoms with van der Waals surface area (Å²) in [6, 6.07) is 13.1. The fourth-order valence-corrected chi connectivity index (χ4v) is 2.55. The van der Waals surface area contributed by atoms with E-state index in [1.54, 1.807) is 19.2 Å². The van der Waals surface area contributed by atoms with Crippen molar-refractivity contribution < 1.29 is 14.5 Å². The summed E-state index contributed by atoms with van der Waals surface area (Å²) in [5.41, 5.74) is 1.58. The lowest BCUT2D eigenvalue weighted by atomic mass is 10.0.